The molecule has 2 atom stereocenters. The van der Waals surface area contributed by atoms with Crippen molar-refractivity contribution in [2.75, 3.05) is 13.1 Å². The summed E-state index contributed by atoms with van der Waals surface area (Å²) in [5, 5.41) is 2.74. The lowest BCUT2D eigenvalue weighted by molar-refractivity contribution is -0.140. The Morgan fingerprint density at radius 3 is 2.80 bits per heavy atom. The maximum absolute atomic E-state index is 12.9. The first-order chi connectivity index (χ1) is 11.8. The highest BCUT2D eigenvalue weighted by Gasteiger charge is 2.49. The van der Waals surface area contributed by atoms with Crippen molar-refractivity contribution in [3.05, 3.63) is 34.3 Å². The summed E-state index contributed by atoms with van der Waals surface area (Å²) in [5.74, 6) is -0.567. The number of urea groups is 1. The number of hydrogen-bond acceptors (Lipinski definition) is 3. The van der Waals surface area contributed by atoms with Crippen LogP contribution in [0.2, 0.25) is 0 Å². The van der Waals surface area contributed by atoms with E-state index in [1.54, 1.807) is 24.0 Å². The van der Waals surface area contributed by atoms with Crippen molar-refractivity contribution in [3.63, 3.8) is 0 Å². The van der Waals surface area contributed by atoms with Crippen LogP contribution in [0.25, 0.3) is 0 Å². The highest BCUT2D eigenvalue weighted by Crippen LogP contribution is 2.30. The van der Waals surface area contributed by atoms with Gasteiger partial charge in [0.15, 0.2) is 0 Å². The number of hydrogen-bond donors (Lipinski definition) is 1. The van der Waals surface area contributed by atoms with Gasteiger partial charge >= 0.3 is 6.03 Å². The predicted molar refractivity (Wildman–Crippen MR) is 96.8 cm³/mol. The maximum atomic E-state index is 12.9. The number of carbonyl (C=O) groups is 3. The average molecular weight is 408 g/mol. The number of carbonyl (C=O) groups excluding carboxylic acids is 3. The summed E-state index contributed by atoms with van der Waals surface area (Å²) in [4.78, 5) is 40.7. The average Bonchev–Trinajstić information content (AvgIpc) is 2.79. The number of imide groups is 1. The van der Waals surface area contributed by atoms with Gasteiger partial charge in [0, 0.05) is 17.1 Å². The van der Waals surface area contributed by atoms with E-state index in [9.17, 15) is 14.4 Å². The van der Waals surface area contributed by atoms with Crippen molar-refractivity contribution in [2.45, 2.75) is 44.7 Å². The zero-order valence-corrected chi connectivity index (χ0v) is 16.0. The van der Waals surface area contributed by atoms with E-state index in [1.807, 2.05) is 19.1 Å². The van der Waals surface area contributed by atoms with Crippen LogP contribution in [-0.2, 0) is 15.1 Å². The van der Waals surface area contributed by atoms with Crippen molar-refractivity contribution in [1.82, 2.24) is 15.1 Å². The normalized spacial score (nSPS) is 26.8. The summed E-state index contributed by atoms with van der Waals surface area (Å²) < 4.78 is 0.824. The second kappa shape index (κ2) is 6.78. The van der Waals surface area contributed by atoms with Gasteiger partial charge in [0.25, 0.3) is 5.91 Å². The summed E-state index contributed by atoms with van der Waals surface area (Å²) in [6.07, 6.45) is 3.03. The number of halogens is 1. The van der Waals surface area contributed by atoms with E-state index < -0.39 is 17.5 Å². The minimum Gasteiger partial charge on any atom is -0.338 e. The minimum absolute atomic E-state index is 0.151. The lowest BCUT2D eigenvalue weighted by Crippen LogP contribution is -2.48. The molecular formula is C18H22BrN3O3. The summed E-state index contributed by atoms with van der Waals surface area (Å²) in [6.45, 7) is 4.16. The van der Waals surface area contributed by atoms with Crippen LogP contribution in [0.1, 0.15) is 38.7 Å². The van der Waals surface area contributed by atoms with Crippen LogP contribution >= 0.6 is 15.9 Å². The molecule has 25 heavy (non-hydrogen) atoms. The molecule has 2 heterocycles. The van der Waals surface area contributed by atoms with Gasteiger partial charge in [-0.2, -0.15) is 0 Å². The van der Waals surface area contributed by atoms with E-state index in [0.29, 0.717) is 12.1 Å². The van der Waals surface area contributed by atoms with Gasteiger partial charge in [0.2, 0.25) is 5.91 Å². The molecule has 4 amide bonds. The lowest BCUT2D eigenvalue weighted by atomic mass is 9.92. The summed E-state index contributed by atoms with van der Waals surface area (Å²) in [5.41, 5.74) is -0.476. The number of piperidine rings is 1. The molecule has 0 unspecified atom stereocenters. The molecule has 1 N–H and O–H groups in total. The first-order valence-corrected chi connectivity index (χ1v) is 9.32. The molecule has 2 aliphatic rings. The van der Waals surface area contributed by atoms with Gasteiger partial charge in [-0.25, -0.2) is 4.79 Å². The SMILES string of the molecule is C[C@@H]1CCCCN1C(=O)CN1C(=O)N[C@](C)(c2cccc(Br)c2)C1=O. The van der Waals surface area contributed by atoms with Crippen LogP contribution in [0.5, 0.6) is 0 Å². The van der Waals surface area contributed by atoms with Gasteiger partial charge in [0.1, 0.15) is 12.1 Å². The number of benzene rings is 1. The first kappa shape index (κ1) is 17.9. The van der Waals surface area contributed by atoms with Gasteiger partial charge in [0.05, 0.1) is 0 Å². The number of nitrogens with one attached hydrogen (secondary N) is 1. The smallest absolute Gasteiger partial charge is 0.325 e. The molecule has 0 aromatic heterocycles. The Balaban J connectivity index is 1.78. The van der Waals surface area contributed by atoms with Gasteiger partial charge < -0.3 is 10.2 Å². The Bertz CT molecular complexity index is 723. The third kappa shape index (κ3) is 3.29. The summed E-state index contributed by atoms with van der Waals surface area (Å²) >= 11 is 3.38. The number of likely N-dealkylation sites (tertiary alicyclic amines) is 1. The highest BCUT2D eigenvalue weighted by atomic mass is 79.9. The fourth-order valence-electron chi connectivity index (χ4n) is 3.53. The van der Waals surface area contributed by atoms with E-state index >= 15 is 0 Å². The standard InChI is InChI=1S/C18H22BrN3O3/c1-12-6-3-4-9-21(12)15(23)11-22-16(24)18(2,20-17(22)25)13-7-5-8-14(19)10-13/h5,7-8,10,12H,3-4,6,9,11H2,1-2H3,(H,20,25)/t12-,18-/m1/s1. The number of amides is 4. The Kier molecular flexibility index (Phi) is 4.86. The fraction of sp³-hybridized carbons (Fsp3) is 0.500. The Morgan fingerprint density at radius 1 is 1.36 bits per heavy atom. The molecule has 1 aromatic rings. The van der Waals surface area contributed by atoms with Crippen LogP contribution in [0.15, 0.2) is 28.7 Å². The Hall–Kier alpha value is -1.89. The third-order valence-electron chi connectivity index (χ3n) is 5.09. The largest absolute Gasteiger partial charge is 0.338 e. The number of rotatable bonds is 3. The first-order valence-electron chi connectivity index (χ1n) is 8.52. The quantitative estimate of drug-likeness (QED) is 0.782. The topological polar surface area (TPSA) is 69.7 Å². The van der Waals surface area contributed by atoms with E-state index in [1.165, 1.54) is 0 Å². The molecule has 2 fully saturated rings. The molecule has 0 aliphatic carbocycles. The molecule has 7 heteroatoms. The maximum Gasteiger partial charge on any atom is 0.325 e. The zero-order chi connectivity index (χ0) is 18.2. The van der Waals surface area contributed by atoms with E-state index in [-0.39, 0.29) is 18.5 Å². The molecule has 2 aliphatic heterocycles. The molecule has 0 spiro atoms. The van der Waals surface area contributed by atoms with Gasteiger partial charge in [-0.15, -0.1) is 0 Å². The third-order valence-corrected chi connectivity index (χ3v) is 5.59. The van der Waals surface area contributed by atoms with E-state index in [0.717, 1.165) is 28.6 Å². The van der Waals surface area contributed by atoms with Crippen LogP contribution in [0.3, 0.4) is 0 Å². The minimum atomic E-state index is -1.16. The predicted octanol–water partition coefficient (Wildman–Crippen LogP) is 2.62. The van der Waals surface area contributed by atoms with Crippen molar-refractivity contribution in [2.24, 2.45) is 0 Å². The molecule has 134 valence electrons. The Morgan fingerprint density at radius 2 is 2.12 bits per heavy atom. The zero-order valence-electron chi connectivity index (χ0n) is 14.4. The van der Waals surface area contributed by atoms with Gasteiger partial charge in [-0.3, -0.25) is 14.5 Å². The second-order valence-electron chi connectivity index (χ2n) is 6.89. The van der Waals surface area contributed by atoms with Crippen LogP contribution in [0, 0.1) is 0 Å². The van der Waals surface area contributed by atoms with Crippen molar-refractivity contribution < 1.29 is 14.4 Å². The van der Waals surface area contributed by atoms with Gasteiger partial charge in [-0.05, 0) is 50.8 Å². The molecule has 0 radical (unpaired) electrons. The highest BCUT2D eigenvalue weighted by molar-refractivity contribution is 9.10. The van der Waals surface area contributed by atoms with Crippen LogP contribution in [-0.4, -0.2) is 46.8 Å². The summed E-state index contributed by atoms with van der Waals surface area (Å²) in [7, 11) is 0. The molecule has 1 aromatic carbocycles. The van der Waals surface area contributed by atoms with Crippen LogP contribution < -0.4 is 5.32 Å². The van der Waals surface area contributed by atoms with Crippen molar-refractivity contribution in [3.8, 4) is 0 Å². The lowest BCUT2D eigenvalue weighted by Gasteiger charge is -2.34. The van der Waals surface area contributed by atoms with Crippen molar-refractivity contribution in [1.29, 1.82) is 0 Å². The van der Waals surface area contributed by atoms with Gasteiger partial charge in [-0.1, -0.05) is 28.1 Å². The summed E-state index contributed by atoms with van der Waals surface area (Å²) in [6, 6.07) is 6.89. The van der Waals surface area contributed by atoms with E-state index in [2.05, 4.69) is 21.2 Å². The molecule has 3 rings (SSSR count). The monoisotopic (exact) mass is 407 g/mol. The van der Waals surface area contributed by atoms with Crippen LogP contribution in [0.4, 0.5) is 4.79 Å². The molecular weight excluding hydrogens is 386 g/mol. The molecule has 0 bridgehead atoms. The second-order valence-corrected chi connectivity index (χ2v) is 7.80. The fourth-order valence-corrected chi connectivity index (χ4v) is 3.93. The molecule has 2 saturated heterocycles. The molecule has 6 nitrogen and oxygen atoms in total. The molecule has 0 saturated carbocycles. The number of nitrogens with zero attached hydrogens (tertiary/aromatic N) is 2. The van der Waals surface area contributed by atoms with Crippen molar-refractivity contribution >= 4 is 33.8 Å². The van der Waals surface area contributed by atoms with E-state index in [4.69, 9.17) is 0 Å². The Labute approximate surface area is 155 Å².